The molecule has 2 heterocycles. The number of nitrogens with one attached hydrogen (secondary N) is 4. The first-order valence-corrected chi connectivity index (χ1v) is 24.2. The van der Waals surface area contributed by atoms with Gasteiger partial charge in [-0.05, 0) is 6.42 Å². The van der Waals surface area contributed by atoms with Crippen molar-refractivity contribution in [2.45, 2.75) is 69.5 Å². The van der Waals surface area contributed by atoms with E-state index >= 15 is 0 Å². The number of carbonyl (C=O) groups is 4. The van der Waals surface area contributed by atoms with Crippen LogP contribution in [0.2, 0.25) is 0 Å². The van der Waals surface area contributed by atoms with E-state index in [9.17, 15) is 52.6 Å². The second kappa shape index (κ2) is 24.6. The van der Waals surface area contributed by atoms with E-state index in [1.54, 1.807) is 0 Å². The van der Waals surface area contributed by atoms with Crippen LogP contribution in [0, 0.1) is 11.8 Å². The molecule has 1 aromatic rings. The van der Waals surface area contributed by atoms with Gasteiger partial charge < -0.3 is 61.2 Å². The van der Waals surface area contributed by atoms with Crippen molar-refractivity contribution in [2.24, 2.45) is 0 Å². The lowest BCUT2D eigenvalue weighted by molar-refractivity contribution is -0.122. The number of thiol groups is 1. The van der Waals surface area contributed by atoms with Gasteiger partial charge in [-0.3, -0.25) is 18.7 Å². The number of nitrogen functional groups attached to an aromatic ring is 1. The van der Waals surface area contributed by atoms with Crippen LogP contribution in [0.3, 0.4) is 0 Å². The van der Waals surface area contributed by atoms with Crippen LogP contribution < -0.4 is 32.7 Å². The maximum Gasteiger partial charge on any atom is 0.490 e. The zero-order valence-corrected chi connectivity index (χ0v) is 35.2. The Balaban J connectivity index is 1.88. The third-order valence-electron chi connectivity index (χ3n) is 7.02. The summed E-state index contributed by atoms with van der Waals surface area (Å²) in [5.74, 6) is 4.88. The van der Waals surface area contributed by atoms with Crippen molar-refractivity contribution in [1.82, 2.24) is 30.8 Å². The van der Waals surface area contributed by atoms with E-state index in [2.05, 4.69) is 63.9 Å². The van der Waals surface area contributed by atoms with Gasteiger partial charge in [0.1, 0.15) is 30.5 Å². The van der Waals surface area contributed by atoms with E-state index in [4.69, 9.17) is 20.3 Å². The first-order chi connectivity index (χ1) is 26.7. The largest absolute Gasteiger partial charge is 0.490 e. The first-order valence-electron chi connectivity index (χ1n) is 16.6. The highest BCUT2D eigenvalue weighted by Gasteiger charge is 2.43. The number of aliphatic hydroxyl groups excluding tert-OH is 1. The van der Waals surface area contributed by atoms with Crippen LogP contribution in [-0.2, 0) is 46.0 Å². The zero-order valence-electron chi connectivity index (χ0n) is 30.0. The molecule has 24 nitrogen and oxygen atoms in total. The van der Waals surface area contributed by atoms with E-state index in [0.29, 0.717) is 18.6 Å². The summed E-state index contributed by atoms with van der Waals surface area (Å²) >= 11 is 3.99. The van der Waals surface area contributed by atoms with Crippen LogP contribution in [0.5, 0.6) is 0 Å². The number of phosphoric acid groups is 3. The molecular weight excluding hydrogens is 883 g/mol. The average molecular weight is 928 g/mol. The van der Waals surface area contributed by atoms with Gasteiger partial charge in [0.05, 0.1) is 30.9 Å². The normalized spacial score (nSPS) is 19.8. The second-order valence-corrected chi connectivity index (χ2v) is 19.0. The highest BCUT2D eigenvalue weighted by Crippen LogP contribution is 2.66. The molecule has 1 aliphatic heterocycles. The summed E-state index contributed by atoms with van der Waals surface area (Å²) in [6.07, 6.45) is 0.0486. The first kappa shape index (κ1) is 50.6. The molecule has 6 unspecified atom stereocenters. The van der Waals surface area contributed by atoms with Gasteiger partial charge in [0, 0.05) is 42.8 Å². The maximum atomic E-state index is 12.7. The van der Waals surface area contributed by atoms with Crippen molar-refractivity contribution in [3.63, 3.8) is 0 Å². The van der Waals surface area contributed by atoms with Crippen LogP contribution in [0.25, 0.3) is 0 Å². The predicted molar refractivity (Wildman–Crippen MR) is 208 cm³/mol. The molecule has 11 N–H and O–H groups in total. The third kappa shape index (κ3) is 19.9. The number of nitrogens with two attached hydrogens (primary N) is 1. The number of unbranched alkanes of at least 4 members (excludes halogenated alkanes) is 2. The number of nitrogens with zero attached hydrogens (tertiary/aromatic N) is 2. The quantitative estimate of drug-likeness (QED) is 0.0156. The van der Waals surface area contributed by atoms with Crippen molar-refractivity contribution in [3.05, 3.63) is 22.2 Å². The number of aldehydes is 1. The Hall–Kier alpha value is -2.50. The number of anilines is 1. The molecular formula is C27H44N7O17P3S3. The van der Waals surface area contributed by atoms with Crippen molar-refractivity contribution < 1.29 is 75.4 Å². The van der Waals surface area contributed by atoms with E-state index in [1.165, 1.54) is 21.6 Å². The minimum atomic E-state index is -5.77. The molecule has 7 atom stereocenters. The lowest BCUT2D eigenvalue weighted by Gasteiger charge is -2.19. The highest BCUT2D eigenvalue weighted by molar-refractivity contribution is 8.76. The summed E-state index contributed by atoms with van der Waals surface area (Å²) in [5.41, 5.74) is 4.93. The maximum absolute atomic E-state index is 12.7. The fourth-order valence-corrected chi connectivity index (χ4v) is 9.72. The number of aromatic nitrogens is 2. The lowest BCUT2D eigenvalue weighted by atomic mass is 10.2. The van der Waals surface area contributed by atoms with Gasteiger partial charge in [-0.2, -0.15) is 26.2 Å². The second-order valence-electron chi connectivity index (χ2n) is 11.6. The van der Waals surface area contributed by atoms with E-state index in [0.717, 1.165) is 30.0 Å². The molecule has 0 bridgehead atoms. The molecule has 0 radical (unpaired) electrons. The molecule has 1 saturated heterocycles. The molecule has 1 aliphatic rings. The zero-order chi connectivity index (χ0) is 42.8. The number of phosphoric ester groups is 1. The molecule has 30 heteroatoms. The fraction of sp³-hybridized carbons (Fsp3) is 0.630. The van der Waals surface area contributed by atoms with E-state index in [1.807, 2.05) is 6.92 Å². The summed E-state index contributed by atoms with van der Waals surface area (Å²) in [7, 11) is -14.3. The van der Waals surface area contributed by atoms with Crippen LogP contribution in [-0.4, -0.2) is 120 Å². The smallest absolute Gasteiger partial charge is 0.390 e. The Morgan fingerprint density at radius 1 is 1.14 bits per heavy atom. The Morgan fingerprint density at radius 3 is 2.51 bits per heavy atom. The van der Waals surface area contributed by atoms with Crippen LogP contribution in [0.1, 0.15) is 50.8 Å². The number of urea groups is 1. The molecule has 57 heavy (non-hydrogen) atoms. The van der Waals surface area contributed by atoms with Crippen molar-refractivity contribution >= 4 is 87.6 Å². The summed E-state index contributed by atoms with van der Waals surface area (Å²) in [5, 5.41) is 20.7. The van der Waals surface area contributed by atoms with Gasteiger partial charge in [-0.15, -0.1) is 0 Å². The van der Waals surface area contributed by atoms with Gasteiger partial charge in [0.2, 0.25) is 11.8 Å². The van der Waals surface area contributed by atoms with Gasteiger partial charge >= 0.3 is 35.2 Å². The van der Waals surface area contributed by atoms with Crippen molar-refractivity contribution in [3.8, 4) is 11.8 Å². The molecule has 322 valence electrons. The van der Waals surface area contributed by atoms with Gasteiger partial charge in [-0.25, -0.2) is 23.3 Å². The molecule has 0 spiro atoms. The molecule has 1 aromatic heterocycles. The molecule has 2 rings (SSSR count). The van der Waals surface area contributed by atoms with Crippen LogP contribution in [0.15, 0.2) is 11.0 Å². The monoisotopic (exact) mass is 927 g/mol. The number of amides is 4. The summed E-state index contributed by atoms with van der Waals surface area (Å²) in [6, 6.07) is -2.45. The Bertz CT molecular complexity index is 1810. The number of ether oxygens (including phenoxy) is 1. The number of hydrogen-bond donors (Lipinski definition) is 11. The standard InChI is InChI=1S/C27H44N7O17P3S3/c1-2-3-4-8-30-25(38)19(32-26(39)31-18(13-35)15-55)16-57-56-10-7-22(37)29-9-5-6-17-12-34(27(40)33-24(17)28)23-11-20(36)21(49-23)14-48-53(44,45)51-54(46,47)50-52(41,42)43/h12-13,18-21,23,36,55H,2-4,7-11,14-16H2,1H3,(H,29,37)(H,30,38)(H,44,45)(H,46,47)(H2,28,33,40)(H2,31,32,39)(H2,41,42,43)/t18-,19?,20?,21?,23?/m1/s1. The third-order valence-corrected chi connectivity index (χ3v) is 13.6. The number of rotatable bonds is 24. The number of hydrogen-bond acceptors (Lipinski definition) is 18. The van der Waals surface area contributed by atoms with Crippen LogP contribution in [0.4, 0.5) is 10.6 Å². The van der Waals surface area contributed by atoms with Gasteiger partial charge in [0.25, 0.3) is 0 Å². The number of carbonyl (C=O) groups excluding carboxylic acids is 4. The SMILES string of the molecule is CCCCCNC(=O)C(CSSCCC(=O)NCC#Cc1cn(C2CC(O)C(COP(=O)(O)OP(=O)(O)OP(=O)(O)O)O2)c(=O)nc1N)NC(=O)N[C@H](C=O)CS. The minimum Gasteiger partial charge on any atom is -0.390 e. The Kier molecular flexibility index (Phi) is 21.8. The van der Waals surface area contributed by atoms with Gasteiger partial charge in [0.15, 0.2) is 0 Å². The van der Waals surface area contributed by atoms with Crippen molar-refractivity contribution in [1.29, 1.82) is 0 Å². The lowest BCUT2D eigenvalue weighted by Crippen LogP contribution is -2.53. The number of aliphatic hydroxyl groups is 1. The molecule has 0 aromatic carbocycles. The molecule has 1 fully saturated rings. The molecule has 0 aliphatic carbocycles. The Labute approximate surface area is 339 Å². The predicted octanol–water partition coefficient (Wildman–Crippen LogP) is -0.472. The summed E-state index contributed by atoms with van der Waals surface area (Å²) in [6.45, 7) is 1.36. The summed E-state index contributed by atoms with van der Waals surface area (Å²) in [4.78, 5) is 101. The van der Waals surface area contributed by atoms with Crippen molar-refractivity contribution in [2.75, 3.05) is 42.7 Å². The Morgan fingerprint density at radius 2 is 1.86 bits per heavy atom. The topological polar surface area (TPSA) is 367 Å². The van der Waals surface area contributed by atoms with E-state index in [-0.39, 0.29) is 48.2 Å². The highest BCUT2D eigenvalue weighted by atomic mass is 33.1. The van der Waals surface area contributed by atoms with Crippen LogP contribution >= 0.6 is 57.7 Å². The molecule has 0 saturated carbocycles. The fourth-order valence-electron chi connectivity index (χ4n) is 4.35. The summed E-state index contributed by atoms with van der Waals surface area (Å²) < 4.78 is 52.5. The average Bonchev–Trinajstić information content (AvgIpc) is 3.48. The molecule has 4 amide bonds. The van der Waals surface area contributed by atoms with E-state index < -0.39 is 78.2 Å². The minimum absolute atomic E-state index is 0.0316. The van der Waals surface area contributed by atoms with Gasteiger partial charge in [-0.1, -0.05) is 53.2 Å².